The second kappa shape index (κ2) is 4.53. The van der Waals surface area contributed by atoms with E-state index in [1.807, 2.05) is 22.7 Å². The predicted octanol–water partition coefficient (Wildman–Crippen LogP) is 8.17. The highest BCUT2D eigenvalue weighted by Gasteiger charge is 2.18. The van der Waals surface area contributed by atoms with E-state index < -0.39 is 0 Å². The molecule has 120 valence electrons. The minimum absolute atomic E-state index is 1.36. The first kappa shape index (κ1) is 13.5. The van der Waals surface area contributed by atoms with E-state index >= 15 is 0 Å². The van der Waals surface area contributed by atoms with E-state index in [9.17, 15) is 0 Å². The maximum absolute atomic E-state index is 2.33. The summed E-state index contributed by atoms with van der Waals surface area (Å²) in [5.41, 5.74) is 0. The van der Waals surface area contributed by atoms with Crippen LogP contribution in [0.1, 0.15) is 0 Å². The molecule has 5 aromatic carbocycles. The van der Waals surface area contributed by atoms with Crippen molar-refractivity contribution in [1.82, 2.24) is 0 Å². The molecule has 2 heteroatoms. The Bertz CT molecular complexity index is 1630. The van der Waals surface area contributed by atoms with Crippen molar-refractivity contribution in [3.8, 4) is 0 Å². The van der Waals surface area contributed by atoms with Crippen molar-refractivity contribution in [3.05, 3.63) is 72.8 Å². The second-order valence-electron chi connectivity index (χ2n) is 6.92. The molecule has 0 unspecified atom stereocenters. The summed E-state index contributed by atoms with van der Waals surface area (Å²) in [6, 6.07) is 27.0. The summed E-state index contributed by atoms with van der Waals surface area (Å²) >= 11 is 3.85. The zero-order valence-electron chi connectivity index (χ0n) is 13.7. The summed E-state index contributed by atoms with van der Waals surface area (Å²) in [5, 5.41) is 11.2. The van der Waals surface area contributed by atoms with Gasteiger partial charge in [-0.25, -0.2) is 0 Å². The third-order valence-corrected chi connectivity index (χ3v) is 7.87. The highest BCUT2D eigenvalue weighted by Crippen LogP contribution is 2.49. The Hall–Kier alpha value is -2.68. The van der Waals surface area contributed by atoms with Crippen LogP contribution in [-0.2, 0) is 0 Å². The van der Waals surface area contributed by atoms with Gasteiger partial charge < -0.3 is 0 Å². The molecule has 0 saturated heterocycles. The van der Waals surface area contributed by atoms with Crippen LogP contribution in [0.5, 0.6) is 0 Å². The lowest BCUT2D eigenvalue weighted by Gasteiger charge is -2.11. The maximum Gasteiger partial charge on any atom is 0.0369 e. The van der Waals surface area contributed by atoms with E-state index in [4.69, 9.17) is 0 Å². The first-order valence-electron chi connectivity index (χ1n) is 8.79. The number of thiophene rings is 1. The molecule has 0 N–H and O–H groups in total. The summed E-state index contributed by atoms with van der Waals surface area (Å²) < 4.78 is 5.55. The first-order valence-corrected chi connectivity index (χ1v) is 10.4. The van der Waals surface area contributed by atoms with Crippen LogP contribution in [0.2, 0.25) is 0 Å². The number of hydrogen-bond acceptors (Lipinski definition) is 2. The fraction of sp³-hybridized carbons (Fsp3) is 0. The van der Waals surface area contributed by atoms with Gasteiger partial charge in [0.25, 0.3) is 0 Å². The summed E-state index contributed by atoms with van der Waals surface area (Å²) in [4.78, 5) is 0. The van der Waals surface area contributed by atoms with E-state index in [1.165, 1.54) is 61.9 Å². The van der Waals surface area contributed by atoms with Crippen LogP contribution >= 0.6 is 22.7 Å². The van der Waals surface area contributed by atoms with Gasteiger partial charge in [-0.3, -0.25) is 0 Å². The van der Waals surface area contributed by atoms with Crippen molar-refractivity contribution in [3.63, 3.8) is 0 Å². The van der Waals surface area contributed by atoms with Crippen LogP contribution in [0.3, 0.4) is 0 Å². The van der Waals surface area contributed by atoms with Gasteiger partial charge in [0.05, 0.1) is 0 Å². The minimum atomic E-state index is 1.36. The number of benzene rings is 5. The molecule has 0 atom stereocenters. The van der Waals surface area contributed by atoms with Crippen molar-refractivity contribution in [2.75, 3.05) is 0 Å². The van der Waals surface area contributed by atoms with Crippen molar-refractivity contribution >= 4 is 84.6 Å². The first-order chi connectivity index (χ1) is 12.9. The van der Waals surface area contributed by atoms with Gasteiger partial charge in [0.2, 0.25) is 0 Å². The van der Waals surface area contributed by atoms with E-state index in [-0.39, 0.29) is 0 Å². The van der Waals surface area contributed by atoms with Gasteiger partial charge in [0.15, 0.2) is 0 Å². The summed E-state index contributed by atoms with van der Waals surface area (Å²) in [5.74, 6) is 0. The lowest BCUT2D eigenvalue weighted by atomic mass is 9.92. The topological polar surface area (TPSA) is 0 Å². The van der Waals surface area contributed by atoms with Gasteiger partial charge in [-0.05, 0) is 45.8 Å². The SMILES string of the molecule is c1cc2sc3cccc4c5ccccc5c5ccc6sc(c1)c2c6c5c34. The molecule has 7 rings (SSSR count). The fourth-order valence-electron chi connectivity index (χ4n) is 4.62. The van der Waals surface area contributed by atoms with E-state index in [0.29, 0.717) is 0 Å². The molecular formula is C24H12S2. The van der Waals surface area contributed by atoms with E-state index in [2.05, 4.69) is 72.8 Å². The highest BCUT2D eigenvalue weighted by atomic mass is 32.1. The van der Waals surface area contributed by atoms with Gasteiger partial charge in [-0.1, -0.05) is 48.5 Å². The number of fused-ring (bicyclic) bond motifs is 3. The Morgan fingerprint density at radius 1 is 0.346 bits per heavy atom. The Morgan fingerprint density at radius 3 is 1.62 bits per heavy atom. The molecule has 26 heavy (non-hydrogen) atoms. The number of rotatable bonds is 0. The Morgan fingerprint density at radius 2 is 0.885 bits per heavy atom. The quantitative estimate of drug-likeness (QED) is 0.238. The maximum atomic E-state index is 2.33. The average molecular weight is 364 g/mol. The van der Waals surface area contributed by atoms with Crippen molar-refractivity contribution in [2.45, 2.75) is 0 Å². The molecule has 0 fully saturated rings. The molecule has 2 heterocycles. The molecule has 0 aliphatic carbocycles. The lowest BCUT2D eigenvalue weighted by Crippen LogP contribution is -1.83. The van der Waals surface area contributed by atoms with E-state index in [1.54, 1.807) is 0 Å². The third kappa shape index (κ3) is 1.47. The predicted molar refractivity (Wildman–Crippen MR) is 118 cm³/mol. The van der Waals surface area contributed by atoms with Crippen molar-refractivity contribution in [2.24, 2.45) is 0 Å². The smallest absolute Gasteiger partial charge is 0.0369 e. The molecule has 0 bridgehead atoms. The summed E-state index contributed by atoms with van der Waals surface area (Å²) in [7, 11) is 0. The average Bonchev–Trinajstić information content (AvgIpc) is 2.99. The Kier molecular flexibility index (Phi) is 2.36. The Balaban J connectivity index is 2.05. The molecule has 0 nitrogen and oxygen atoms in total. The molecule has 2 aromatic heterocycles. The van der Waals surface area contributed by atoms with Crippen LogP contribution in [0.15, 0.2) is 72.8 Å². The van der Waals surface area contributed by atoms with Crippen LogP contribution in [0, 0.1) is 0 Å². The molecule has 0 aliphatic rings. The normalized spacial score (nSPS) is 12.6. The molecule has 7 aromatic rings. The monoisotopic (exact) mass is 364 g/mol. The fourth-order valence-corrected chi connectivity index (χ4v) is 6.98. The molecule has 0 aliphatic heterocycles. The zero-order valence-corrected chi connectivity index (χ0v) is 15.4. The highest BCUT2D eigenvalue weighted by molar-refractivity contribution is 7.29. The number of hydrogen-bond donors (Lipinski definition) is 0. The second-order valence-corrected chi connectivity index (χ2v) is 9.09. The molecule has 0 radical (unpaired) electrons. The van der Waals surface area contributed by atoms with Gasteiger partial charge >= 0.3 is 0 Å². The van der Waals surface area contributed by atoms with Crippen LogP contribution in [0.4, 0.5) is 0 Å². The van der Waals surface area contributed by atoms with Crippen molar-refractivity contribution in [1.29, 1.82) is 0 Å². The van der Waals surface area contributed by atoms with Gasteiger partial charge in [-0.15, -0.1) is 22.7 Å². The molecule has 0 saturated carbocycles. The largest absolute Gasteiger partial charge is 0.135 e. The molecule has 0 spiro atoms. The lowest BCUT2D eigenvalue weighted by molar-refractivity contribution is 1.82. The Labute approximate surface area is 157 Å². The van der Waals surface area contributed by atoms with Crippen LogP contribution < -0.4 is 0 Å². The van der Waals surface area contributed by atoms with Gasteiger partial charge in [-0.2, -0.15) is 0 Å². The van der Waals surface area contributed by atoms with E-state index in [0.717, 1.165) is 0 Å². The van der Waals surface area contributed by atoms with Gasteiger partial charge in [0.1, 0.15) is 0 Å². The standard InChI is InChI=1S/C24H12S2/c1-2-6-14-13(5-1)15-7-3-8-17-21(15)22-16(14)11-12-20-24(22)23-18(25-17)9-4-10-19(23)26-20/h1-12H. The van der Waals surface area contributed by atoms with Crippen LogP contribution in [-0.4, -0.2) is 0 Å². The van der Waals surface area contributed by atoms with Gasteiger partial charge in [0, 0.05) is 40.3 Å². The molecule has 0 amide bonds. The summed E-state index contributed by atoms with van der Waals surface area (Å²) in [6.07, 6.45) is 0. The van der Waals surface area contributed by atoms with Crippen LogP contribution in [0.25, 0.3) is 61.9 Å². The molecular weight excluding hydrogens is 352 g/mol. The third-order valence-electron chi connectivity index (χ3n) is 5.63. The zero-order chi connectivity index (χ0) is 16.8. The minimum Gasteiger partial charge on any atom is -0.135 e. The van der Waals surface area contributed by atoms with Crippen molar-refractivity contribution < 1.29 is 0 Å². The summed E-state index contributed by atoms with van der Waals surface area (Å²) in [6.45, 7) is 0.